The van der Waals surface area contributed by atoms with Gasteiger partial charge in [-0.25, -0.2) is 9.97 Å². The van der Waals surface area contributed by atoms with Crippen LogP contribution < -0.4 is 20.9 Å². The van der Waals surface area contributed by atoms with E-state index in [0.717, 1.165) is 45.0 Å². The average Bonchev–Trinajstić information content (AvgIpc) is 2.93. The molecule has 1 aromatic carbocycles. The Morgan fingerprint density at radius 3 is 2.45 bits per heavy atom. The Morgan fingerprint density at radius 2 is 1.82 bits per heavy atom. The van der Waals surface area contributed by atoms with E-state index in [2.05, 4.69) is 78.5 Å². The number of anilines is 4. The predicted molar refractivity (Wildman–Crippen MR) is 162 cm³/mol. The zero-order valence-corrected chi connectivity index (χ0v) is 27.2. The smallest absolute Gasteiger partial charge is 0.255 e. The fourth-order valence-electron chi connectivity index (χ4n) is 5.14. The van der Waals surface area contributed by atoms with Gasteiger partial charge in [0.25, 0.3) is 5.88 Å². The predicted octanol–water partition coefficient (Wildman–Crippen LogP) is 3.66. The van der Waals surface area contributed by atoms with Crippen molar-refractivity contribution in [1.29, 1.82) is 0 Å². The molecule has 40 heavy (non-hydrogen) atoms. The SMILES string of the molecule is C=CC(=O)NCCNc1nc(Nc2ccc(N3CCC(N4CCN(S)CC4)CC3)c(C)c2)c(O)nc1CC.[NH2-].[W]. The molecule has 2 aliphatic heterocycles. The maximum atomic E-state index is 11.4. The van der Waals surface area contributed by atoms with Gasteiger partial charge < -0.3 is 32.1 Å². The van der Waals surface area contributed by atoms with Crippen LogP contribution in [-0.2, 0) is 32.3 Å². The van der Waals surface area contributed by atoms with Crippen LogP contribution in [-0.4, -0.2) is 88.6 Å². The number of piperidine rings is 1. The normalized spacial score (nSPS) is 16.4. The van der Waals surface area contributed by atoms with Crippen molar-refractivity contribution in [2.75, 3.05) is 67.9 Å². The van der Waals surface area contributed by atoms with Crippen LogP contribution in [0.2, 0.25) is 0 Å². The van der Waals surface area contributed by atoms with E-state index >= 15 is 0 Å². The largest absolute Gasteiger partial charge is 0.693 e. The second kappa shape index (κ2) is 16.2. The number of nitrogens with one attached hydrogen (secondary N) is 3. The van der Waals surface area contributed by atoms with Crippen molar-refractivity contribution < 1.29 is 31.0 Å². The molecule has 13 heteroatoms. The molecular formula is C27H42N9O2SW-. The van der Waals surface area contributed by atoms with Crippen LogP contribution >= 0.6 is 12.8 Å². The van der Waals surface area contributed by atoms with Crippen molar-refractivity contribution in [2.45, 2.75) is 39.2 Å². The molecule has 2 aliphatic rings. The molecule has 11 nitrogen and oxygen atoms in total. The Balaban J connectivity index is 0.00000280. The zero-order valence-electron chi connectivity index (χ0n) is 23.4. The van der Waals surface area contributed by atoms with Gasteiger partial charge in [0, 0.05) is 90.8 Å². The van der Waals surface area contributed by atoms with E-state index in [1.807, 2.05) is 13.0 Å². The quantitative estimate of drug-likeness (QED) is 0.140. The number of aryl methyl sites for hydroxylation is 2. The van der Waals surface area contributed by atoms with Crippen LogP contribution in [0.5, 0.6) is 5.88 Å². The van der Waals surface area contributed by atoms with Crippen molar-refractivity contribution in [3.05, 3.63) is 48.3 Å². The molecule has 0 unspecified atom stereocenters. The maximum absolute atomic E-state index is 11.4. The number of hydrogen-bond acceptors (Lipinski definition) is 10. The summed E-state index contributed by atoms with van der Waals surface area (Å²) in [4.78, 5) is 25.4. The summed E-state index contributed by atoms with van der Waals surface area (Å²) in [5.74, 6) is 0.494. The molecule has 1 amide bonds. The Kier molecular flexibility index (Phi) is 13.7. The molecule has 0 atom stereocenters. The number of thiol groups is 1. The van der Waals surface area contributed by atoms with E-state index < -0.39 is 0 Å². The first kappa shape index (κ1) is 33.8. The average molecular weight is 741 g/mol. The number of hydrogen-bond donors (Lipinski definition) is 5. The second-order valence-corrected chi connectivity index (χ2v) is 10.4. The van der Waals surface area contributed by atoms with Gasteiger partial charge in [-0.05, 0) is 56.0 Å². The van der Waals surface area contributed by atoms with Crippen LogP contribution in [0.3, 0.4) is 0 Å². The number of benzene rings is 1. The molecule has 2 saturated heterocycles. The Hall–Kier alpha value is -2.37. The molecular weight excluding hydrogens is 698 g/mol. The number of aromatic nitrogens is 2. The van der Waals surface area contributed by atoms with E-state index in [1.165, 1.54) is 30.2 Å². The van der Waals surface area contributed by atoms with E-state index in [0.29, 0.717) is 37.1 Å². The third kappa shape index (κ3) is 8.81. The fourth-order valence-corrected chi connectivity index (χ4v) is 5.32. The Morgan fingerprint density at radius 1 is 1.12 bits per heavy atom. The standard InChI is InChI=1S/C27H40N8O2S.H2N.W/c1-4-22-25(29-11-10-28-24(36)5-2)32-26(27(37)31-22)30-20-6-7-23(19(3)18-20)34-12-8-21(9-13-34)33-14-16-35(38)17-15-33;;/h5-7,18,21,38H,2,4,8-17H2,1,3H3,(H,28,36)(H,31,37)(H2,29,30,32);1H2;/q;-1;. The summed E-state index contributed by atoms with van der Waals surface area (Å²) >= 11 is 4.48. The number of piperazine rings is 1. The monoisotopic (exact) mass is 740 g/mol. The molecule has 0 aliphatic carbocycles. The van der Waals surface area contributed by atoms with E-state index in [-0.39, 0.29) is 44.8 Å². The number of carbonyl (C=O) groups excluding carboxylic acids is 1. The molecule has 0 saturated carbocycles. The first-order valence-corrected chi connectivity index (χ1v) is 13.8. The molecule has 2 fully saturated rings. The summed E-state index contributed by atoms with van der Waals surface area (Å²) in [6.45, 7) is 14.8. The van der Waals surface area contributed by atoms with Crippen molar-refractivity contribution in [3.8, 4) is 5.88 Å². The molecule has 2 aromatic rings. The molecule has 0 spiro atoms. The van der Waals surface area contributed by atoms with E-state index in [9.17, 15) is 9.90 Å². The Bertz CT molecular complexity index is 1120. The topological polar surface area (TPSA) is 142 Å². The summed E-state index contributed by atoms with van der Waals surface area (Å²) in [5.41, 5.74) is 3.91. The molecule has 220 valence electrons. The Labute approximate surface area is 257 Å². The van der Waals surface area contributed by atoms with Gasteiger partial charge in [0.05, 0.1) is 5.69 Å². The van der Waals surface area contributed by atoms with Gasteiger partial charge in [0.1, 0.15) is 0 Å². The van der Waals surface area contributed by atoms with E-state index in [1.54, 1.807) is 0 Å². The summed E-state index contributed by atoms with van der Waals surface area (Å²) in [6, 6.07) is 6.90. The minimum Gasteiger partial charge on any atom is -0.693 e. The number of nitrogens with two attached hydrogens (primary N) is 1. The van der Waals surface area contributed by atoms with Gasteiger partial charge in [-0.2, -0.15) is 0 Å². The molecule has 1 aromatic heterocycles. The van der Waals surface area contributed by atoms with Gasteiger partial charge in [-0.3, -0.25) is 14.0 Å². The third-order valence-electron chi connectivity index (χ3n) is 7.26. The van der Waals surface area contributed by atoms with Gasteiger partial charge in [-0.1, -0.05) is 26.3 Å². The van der Waals surface area contributed by atoms with Crippen molar-refractivity contribution in [1.82, 2.24) is 24.5 Å². The number of amides is 1. The molecule has 4 rings (SSSR count). The molecule has 6 N–H and O–H groups in total. The number of nitrogens with zero attached hydrogens (tertiary/aromatic N) is 5. The molecule has 0 bridgehead atoms. The van der Waals surface area contributed by atoms with Crippen LogP contribution in [0.25, 0.3) is 6.15 Å². The van der Waals surface area contributed by atoms with Crippen LogP contribution in [0.15, 0.2) is 30.9 Å². The molecule has 3 heterocycles. The summed E-state index contributed by atoms with van der Waals surface area (Å²) in [6.07, 6.45) is 4.19. The summed E-state index contributed by atoms with van der Waals surface area (Å²) in [7, 11) is 0. The van der Waals surface area contributed by atoms with Crippen LogP contribution in [0.1, 0.15) is 31.0 Å². The number of rotatable bonds is 10. The minimum atomic E-state index is -0.225. The van der Waals surface area contributed by atoms with Crippen molar-refractivity contribution >= 4 is 41.7 Å². The van der Waals surface area contributed by atoms with Gasteiger partial charge in [0.15, 0.2) is 11.6 Å². The third-order valence-corrected chi connectivity index (χ3v) is 7.66. The van der Waals surface area contributed by atoms with Gasteiger partial charge in [0.2, 0.25) is 5.91 Å². The zero-order chi connectivity index (χ0) is 27.1. The minimum absolute atomic E-state index is 0. The summed E-state index contributed by atoms with van der Waals surface area (Å²) < 4.78 is 2.11. The van der Waals surface area contributed by atoms with Crippen LogP contribution in [0, 0.1) is 6.92 Å². The van der Waals surface area contributed by atoms with Crippen LogP contribution in [0.4, 0.5) is 23.0 Å². The van der Waals surface area contributed by atoms with Gasteiger partial charge >= 0.3 is 0 Å². The van der Waals surface area contributed by atoms with Gasteiger partial charge in [-0.15, -0.1) is 0 Å². The first-order chi connectivity index (χ1) is 18.4. The maximum Gasteiger partial charge on any atom is 0.255 e. The fraction of sp³-hybridized carbons (Fsp3) is 0.519. The van der Waals surface area contributed by atoms with E-state index in [4.69, 9.17) is 0 Å². The number of carbonyl (C=O) groups is 1. The second-order valence-electron chi connectivity index (χ2n) is 9.80. The van der Waals surface area contributed by atoms with Crippen molar-refractivity contribution in [3.63, 3.8) is 0 Å². The molecule has 0 radical (unpaired) electrons. The van der Waals surface area contributed by atoms with Crippen molar-refractivity contribution in [2.24, 2.45) is 0 Å². The number of aromatic hydroxyl groups is 1. The first-order valence-electron chi connectivity index (χ1n) is 13.4. The summed E-state index contributed by atoms with van der Waals surface area (Å²) in [5, 5.41) is 19.7.